The predicted octanol–water partition coefficient (Wildman–Crippen LogP) is 6.08. The molecule has 172 valence electrons. The van der Waals surface area contributed by atoms with Gasteiger partial charge in [0.05, 0.1) is 18.4 Å². The van der Waals surface area contributed by atoms with Crippen LogP contribution in [0, 0.1) is 6.92 Å². The van der Waals surface area contributed by atoms with Crippen molar-refractivity contribution in [1.29, 1.82) is 0 Å². The molecule has 3 aromatic carbocycles. The smallest absolute Gasteiger partial charge is 0.335 e. The normalized spacial score (nSPS) is 10.7. The topological polar surface area (TPSA) is 88.5 Å². The Hall–Kier alpha value is -3.68. The molecule has 0 fully saturated rings. The van der Waals surface area contributed by atoms with Crippen LogP contribution in [0.5, 0.6) is 5.75 Å². The summed E-state index contributed by atoms with van der Waals surface area (Å²) in [6, 6.07) is 19.5. The second-order valence-electron chi connectivity index (χ2n) is 7.53. The maximum absolute atomic E-state index is 13.0. The van der Waals surface area contributed by atoms with Crippen molar-refractivity contribution < 1.29 is 19.4 Å². The van der Waals surface area contributed by atoms with E-state index in [0.29, 0.717) is 21.3 Å². The van der Waals surface area contributed by atoms with Gasteiger partial charge >= 0.3 is 5.97 Å². The third-order valence-electron chi connectivity index (χ3n) is 5.27. The summed E-state index contributed by atoms with van der Waals surface area (Å²) in [7, 11) is 1.57. The maximum atomic E-state index is 13.0. The van der Waals surface area contributed by atoms with Crippen LogP contribution in [0.4, 0.5) is 0 Å². The zero-order valence-electron chi connectivity index (χ0n) is 18.5. The number of carboxylic acid groups (broad SMARTS) is 1. The Morgan fingerprint density at radius 1 is 1.06 bits per heavy atom. The van der Waals surface area contributed by atoms with Crippen LogP contribution < -0.4 is 10.1 Å². The number of ether oxygens (including phenoxy) is 1. The lowest BCUT2D eigenvalue weighted by molar-refractivity contribution is 0.0696. The van der Waals surface area contributed by atoms with E-state index in [-0.39, 0.29) is 18.0 Å². The van der Waals surface area contributed by atoms with Gasteiger partial charge < -0.3 is 15.2 Å². The van der Waals surface area contributed by atoms with Gasteiger partial charge in [-0.1, -0.05) is 41.9 Å². The number of nitrogens with one attached hydrogen (secondary N) is 1. The second-order valence-corrected chi connectivity index (χ2v) is 8.97. The minimum Gasteiger partial charge on any atom is -0.497 e. The Bertz CT molecular complexity index is 1370. The third-order valence-corrected chi connectivity index (χ3v) is 6.72. The number of halogens is 1. The average molecular weight is 493 g/mol. The molecule has 1 aromatic heterocycles. The number of carbonyl (C=O) groups is 2. The average Bonchev–Trinajstić information content (AvgIpc) is 3.24. The van der Waals surface area contributed by atoms with E-state index in [1.807, 2.05) is 30.3 Å². The van der Waals surface area contributed by atoms with Crippen LogP contribution in [0.15, 0.2) is 66.7 Å². The first-order valence-corrected chi connectivity index (χ1v) is 11.6. The first-order valence-electron chi connectivity index (χ1n) is 10.4. The van der Waals surface area contributed by atoms with Gasteiger partial charge in [0, 0.05) is 17.1 Å². The Morgan fingerprint density at radius 3 is 2.53 bits per heavy atom. The van der Waals surface area contributed by atoms with Gasteiger partial charge in [-0.05, 0) is 60.0 Å². The minimum atomic E-state index is -0.998. The van der Waals surface area contributed by atoms with E-state index in [1.165, 1.54) is 11.3 Å². The highest BCUT2D eigenvalue weighted by molar-refractivity contribution is 7.17. The molecule has 0 bridgehead atoms. The van der Waals surface area contributed by atoms with Crippen molar-refractivity contribution >= 4 is 34.8 Å². The van der Waals surface area contributed by atoms with Gasteiger partial charge in [-0.2, -0.15) is 0 Å². The number of benzene rings is 3. The number of aromatic carboxylic acids is 1. The number of hydrogen-bond acceptors (Lipinski definition) is 5. The van der Waals surface area contributed by atoms with Crippen LogP contribution in [-0.2, 0) is 6.54 Å². The number of aromatic nitrogens is 1. The molecule has 1 heterocycles. The Morgan fingerprint density at radius 2 is 1.82 bits per heavy atom. The van der Waals surface area contributed by atoms with Crippen LogP contribution in [0.3, 0.4) is 0 Å². The number of methoxy groups -OCH3 is 1. The monoisotopic (exact) mass is 492 g/mol. The van der Waals surface area contributed by atoms with E-state index < -0.39 is 5.97 Å². The summed E-state index contributed by atoms with van der Waals surface area (Å²) in [5.74, 6) is -0.591. The molecule has 0 aliphatic heterocycles. The number of nitrogens with zero attached hydrogens (tertiary/aromatic N) is 1. The summed E-state index contributed by atoms with van der Waals surface area (Å²) in [6.07, 6.45) is 0. The second kappa shape index (κ2) is 10.1. The molecule has 8 heteroatoms. The largest absolute Gasteiger partial charge is 0.497 e. The summed E-state index contributed by atoms with van der Waals surface area (Å²) in [6.45, 7) is 2.04. The van der Waals surface area contributed by atoms with Crippen LogP contribution in [0.1, 0.15) is 31.3 Å². The molecule has 4 aromatic rings. The van der Waals surface area contributed by atoms with E-state index in [1.54, 1.807) is 50.4 Å². The molecule has 0 saturated heterocycles. The lowest BCUT2D eigenvalue weighted by atomic mass is 9.97. The highest BCUT2D eigenvalue weighted by Crippen LogP contribution is 2.30. The van der Waals surface area contributed by atoms with Crippen molar-refractivity contribution in [3.63, 3.8) is 0 Å². The van der Waals surface area contributed by atoms with Gasteiger partial charge in [-0.15, -0.1) is 11.3 Å². The molecule has 0 aliphatic rings. The standard InChI is InChI=1S/C26H21ClN2O4S/c1-15-23(34-25(29-15)16-6-8-20(27)9-7-16)24(30)28-14-19-13-21(33-2)10-11-22(19)17-4-3-5-18(12-17)26(31)32/h3-13H,14H2,1-2H3,(H,28,30)(H,31,32). The third kappa shape index (κ3) is 5.11. The number of hydrogen-bond donors (Lipinski definition) is 2. The van der Waals surface area contributed by atoms with Crippen LogP contribution in [0.2, 0.25) is 5.02 Å². The van der Waals surface area contributed by atoms with E-state index in [2.05, 4.69) is 10.3 Å². The van der Waals surface area contributed by atoms with Crippen molar-refractivity contribution in [2.75, 3.05) is 7.11 Å². The highest BCUT2D eigenvalue weighted by atomic mass is 35.5. The first-order chi connectivity index (χ1) is 16.4. The Labute approximate surface area is 205 Å². The van der Waals surface area contributed by atoms with Crippen molar-refractivity contribution in [3.05, 3.63) is 93.5 Å². The fourth-order valence-corrected chi connectivity index (χ4v) is 4.64. The molecular weight excluding hydrogens is 472 g/mol. The molecule has 0 atom stereocenters. The zero-order chi connectivity index (χ0) is 24.2. The molecule has 0 spiro atoms. The zero-order valence-corrected chi connectivity index (χ0v) is 20.0. The number of aryl methyl sites for hydroxylation is 1. The van der Waals surface area contributed by atoms with Crippen LogP contribution in [-0.4, -0.2) is 29.1 Å². The summed E-state index contributed by atoms with van der Waals surface area (Å²) in [4.78, 5) is 29.5. The predicted molar refractivity (Wildman–Crippen MR) is 134 cm³/mol. The van der Waals surface area contributed by atoms with Crippen molar-refractivity contribution in [3.8, 4) is 27.4 Å². The van der Waals surface area contributed by atoms with Crippen molar-refractivity contribution in [1.82, 2.24) is 10.3 Å². The van der Waals surface area contributed by atoms with E-state index >= 15 is 0 Å². The van der Waals surface area contributed by atoms with Crippen molar-refractivity contribution in [2.24, 2.45) is 0 Å². The summed E-state index contributed by atoms with van der Waals surface area (Å²) in [5, 5.41) is 13.7. The summed E-state index contributed by atoms with van der Waals surface area (Å²) >= 11 is 7.29. The molecule has 2 N–H and O–H groups in total. The van der Waals surface area contributed by atoms with Crippen molar-refractivity contribution in [2.45, 2.75) is 13.5 Å². The molecule has 0 saturated carbocycles. The van der Waals surface area contributed by atoms with Crippen LogP contribution in [0.25, 0.3) is 21.7 Å². The maximum Gasteiger partial charge on any atom is 0.335 e. The van der Waals surface area contributed by atoms with Gasteiger partial charge in [0.25, 0.3) is 5.91 Å². The number of thiazole rings is 1. The number of carbonyl (C=O) groups excluding carboxylic acids is 1. The SMILES string of the molecule is COc1ccc(-c2cccc(C(=O)O)c2)c(CNC(=O)c2sc(-c3ccc(Cl)cc3)nc2C)c1. The minimum absolute atomic E-state index is 0.193. The van der Waals surface area contributed by atoms with Crippen LogP contribution >= 0.6 is 22.9 Å². The molecule has 0 aliphatic carbocycles. The fourth-order valence-electron chi connectivity index (χ4n) is 3.52. The van der Waals surface area contributed by atoms with Gasteiger partial charge in [-0.3, -0.25) is 4.79 Å². The molecule has 6 nitrogen and oxygen atoms in total. The van der Waals surface area contributed by atoms with Gasteiger partial charge in [0.2, 0.25) is 0 Å². The molecule has 0 unspecified atom stereocenters. The quantitative estimate of drug-likeness (QED) is 0.326. The fraction of sp³-hybridized carbons (Fsp3) is 0.115. The number of rotatable bonds is 7. The molecule has 4 rings (SSSR count). The lowest BCUT2D eigenvalue weighted by Gasteiger charge is -2.13. The van der Waals surface area contributed by atoms with E-state index in [9.17, 15) is 14.7 Å². The number of amides is 1. The first kappa shape index (κ1) is 23.5. The van der Waals surface area contributed by atoms with E-state index in [4.69, 9.17) is 16.3 Å². The molecular formula is C26H21ClN2O4S. The van der Waals surface area contributed by atoms with Gasteiger partial charge in [0.15, 0.2) is 0 Å². The summed E-state index contributed by atoms with van der Waals surface area (Å²) in [5.41, 5.74) is 4.09. The highest BCUT2D eigenvalue weighted by Gasteiger charge is 2.17. The van der Waals surface area contributed by atoms with E-state index in [0.717, 1.165) is 27.3 Å². The summed E-state index contributed by atoms with van der Waals surface area (Å²) < 4.78 is 5.35. The van der Waals surface area contributed by atoms with Gasteiger partial charge in [-0.25, -0.2) is 9.78 Å². The number of carboxylic acids is 1. The lowest BCUT2D eigenvalue weighted by Crippen LogP contribution is -2.23. The molecule has 0 radical (unpaired) electrons. The molecule has 1 amide bonds. The molecule has 34 heavy (non-hydrogen) atoms. The Balaban J connectivity index is 1.59. The Kier molecular flexibility index (Phi) is 6.95. The van der Waals surface area contributed by atoms with Gasteiger partial charge in [0.1, 0.15) is 15.6 Å².